The molecule has 7 heteroatoms. The molecule has 3 rings (SSSR count). The second kappa shape index (κ2) is 5.30. The summed E-state index contributed by atoms with van der Waals surface area (Å²) < 4.78 is 5.44. The average molecular weight is 302 g/mol. The highest BCUT2D eigenvalue weighted by Crippen LogP contribution is 2.31. The van der Waals surface area contributed by atoms with Crippen molar-refractivity contribution in [3.8, 4) is 6.07 Å². The summed E-state index contributed by atoms with van der Waals surface area (Å²) >= 11 is 1.54. The Labute approximate surface area is 126 Å². The molecule has 0 aliphatic carbocycles. The third kappa shape index (κ3) is 2.43. The summed E-state index contributed by atoms with van der Waals surface area (Å²) in [5.41, 5.74) is 2.09. The molecule has 0 atom stereocenters. The normalized spacial score (nSPS) is 16.3. The number of hydrogen-bond donors (Lipinski definition) is 1. The number of thioether (sulfide) groups is 1. The van der Waals surface area contributed by atoms with Crippen LogP contribution in [0.3, 0.4) is 0 Å². The number of aryl methyl sites for hydroxylation is 1. The van der Waals surface area contributed by atoms with Crippen LogP contribution in [0.25, 0.3) is 0 Å². The van der Waals surface area contributed by atoms with Gasteiger partial charge in [-0.3, -0.25) is 15.1 Å². The number of fused-ring (bicyclic) bond motifs is 1. The molecule has 0 spiro atoms. The van der Waals surface area contributed by atoms with Crippen LogP contribution in [0.1, 0.15) is 23.3 Å². The zero-order valence-electron chi connectivity index (χ0n) is 11.8. The van der Waals surface area contributed by atoms with Crippen LogP contribution in [-0.2, 0) is 4.79 Å². The van der Waals surface area contributed by atoms with Crippen molar-refractivity contribution in [2.45, 2.75) is 20.3 Å². The van der Waals surface area contributed by atoms with Gasteiger partial charge < -0.3 is 9.32 Å². The lowest BCUT2D eigenvalue weighted by Crippen LogP contribution is -2.24. The third-order valence-electron chi connectivity index (χ3n) is 3.54. The van der Waals surface area contributed by atoms with Gasteiger partial charge in [0.2, 0.25) is 11.8 Å². The van der Waals surface area contributed by atoms with Crippen molar-refractivity contribution >= 4 is 28.7 Å². The van der Waals surface area contributed by atoms with E-state index in [9.17, 15) is 4.79 Å². The van der Waals surface area contributed by atoms with Gasteiger partial charge in [-0.15, -0.1) is 0 Å². The van der Waals surface area contributed by atoms with E-state index in [-0.39, 0.29) is 18.2 Å². The van der Waals surface area contributed by atoms with Gasteiger partial charge in [-0.25, -0.2) is 0 Å². The highest BCUT2D eigenvalue weighted by atomic mass is 32.2. The van der Waals surface area contributed by atoms with Gasteiger partial charge in [0.1, 0.15) is 17.4 Å². The maximum atomic E-state index is 12.1. The smallest absolute Gasteiger partial charge is 0.232 e. The quantitative estimate of drug-likeness (QED) is 0.927. The second-order valence-corrected chi connectivity index (χ2v) is 5.70. The summed E-state index contributed by atoms with van der Waals surface area (Å²) in [6.45, 7) is 5.17. The maximum absolute atomic E-state index is 12.1. The van der Waals surface area contributed by atoms with E-state index in [1.807, 2.05) is 10.3 Å². The first kappa shape index (κ1) is 13.8. The van der Waals surface area contributed by atoms with Crippen LogP contribution in [0.5, 0.6) is 0 Å². The van der Waals surface area contributed by atoms with Gasteiger partial charge in [0, 0.05) is 17.8 Å². The first-order valence-corrected chi connectivity index (χ1v) is 7.45. The van der Waals surface area contributed by atoms with Gasteiger partial charge in [0.15, 0.2) is 5.17 Å². The minimum absolute atomic E-state index is 0.194. The summed E-state index contributed by atoms with van der Waals surface area (Å²) in [6, 6.07) is 2.06. The number of carbonyl (C=O) groups excluding carboxylic acids is 1. The molecule has 0 aromatic carbocycles. The second-order valence-electron chi connectivity index (χ2n) is 4.87. The van der Waals surface area contributed by atoms with E-state index in [1.165, 1.54) is 0 Å². The first-order valence-electron chi connectivity index (χ1n) is 6.57. The number of furan rings is 1. The molecule has 2 aliphatic rings. The van der Waals surface area contributed by atoms with Crippen LogP contribution in [0.15, 0.2) is 20.5 Å². The molecule has 6 nitrogen and oxygen atoms in total. The Hall–Kier alpha value is -2.20. The first-order chi connectivity index (χ1) is 10.1. The van der Waals surface area contributed by atoms with Crippen molar-refractivity contribution in [1.29, 1.82) is 5.26 Å². The lowest BCUT2D eigenvalue weighted by molar-refractivity contribution is -0.115. The molecule has 0 saturated carbocycles. The minimum atomic E-state index is -0.194. The number of rotatable bonds is 3. The molecule has 2 aliphatic heterocycles. The van der Waals surface area contributed by atoms with Crippen LogP contribution < -0.4 is 5.32 Å². The Morgan fingerprint density at radius 1 is 1.62 bits per heavy atom. The number of amides is 1. The molecule has 0 bridgehead atoms. The highest BCUT2D eigenvalue weighted by molar-refractivity contribution is 8.16. The lowest BCUT2D eigenvalue weighted by Gasteiger charge is -2.15. The number of nitrogens with zero attached hydrogens (tertiary/aromatic N) is 3. The minimum Gasteiger partial charge on any atom is -0.444 e. The Bertz CT molecular complexity index is 711. The Morgan fingerprint density at radius 2 is 2.43 bits per heavy atom. The summed E-state index contributed by atoms with van der Waals surface area (Å²) in [4.78, 5) is 18.5. The zero-order chi connectivity index (χ0) is 15.0. The van der Waals surface area contributed by atoms with Crippen molar-refractivity contribution in [3.05, 3.63) is 28.0 Å². The number of amidine groups is 1. The topological polar surface area (TPSA) is 81.6 Å². The summed E-state index contributed by atoms with van der Waals surface area (Å²) in [5.74, 6) is 0.686. The number of hydrogen-bond acceptors (Lipinski definition) is 6. The Balaban J connectivity index is 1.69. The van der Waals surface area contributed by atoms with Crippen molar-refractivity contribution in [2.24, 2.45) is 4.99 Å². The fraction of sp³-hybridized carbons (Fsp3) is 0.357. The molecule has 1 aromatic heterocycles. The van der Waals surface area contributed by atoms with Gasteiger partial charge >= 0.3 is 0 Å². The molecule has 0 fully saturated rings. The van der Waals surface area contributed by atoms with E-state index >= 15 is 0 Å². The zero-order valence-corrected chi connectivity index (χ0v) is 12.6. The molecule has 0 unspecified atom stereocenters. The van der Waals surface area contributed by atoms with Gasteiger partial charge in [-0.1, -0.05) is 11.8 Å². The van der Waals surface area contributed by atoms with Crippen LogP contribution in [0.4, 0.5) is 5.88 Å². The SMILES string of the molecule is Cc1oc(NC(=O)CC2=CSC3=NCCN23)c(C#N)c1C. The van der Waals surface area contributed by atoms with Crippen molar-refractivity contribution in [2.75, 3.05) is 18.4 Å². The number of carbonyl (C=O) groups is 1. The number of nitriles is 1. The maximum Gasteiger partial charge on any atom is 0.232 e. The van der Waals surface area contributed by atoms with E-state index in [4.69, 9.17) is 9.68 Å². The van der Waals surface area contributed by atoms with Gasteiger partial charge in [-0.2, -0.15) is 5.26 Å². The van der Waals surface area contributed by atoms with E-state index in [0.717, 1.165) is 29.5 Å². The molecule has 1 N–H and O–H groups in total. The third-order valence-corrected chi connectivity index (χ3v) is 4.49. The van der Waals surface area contributed by atoms with Crippen LogP contribution >= 0.6 is 11.8 Å². The van der Waals surface area contributed by atoms with Crippen molar-refractivity contribution < 1.29 is 9.21 Å². The molecular formula is C14H14N4O2S. The monoisotopic (exact) mass is 302 g/mol. The Kier molecular flexibility index (Phi) is 3.47. The summed E-state index contributed by atoms with van der Waals surface area (Å²) in [6.07, 6.45) is 0.246. The van der Waals surface area contributed by atoms with E-state index < -0.39 is 0 Å². The van der Waals surface area contributed by atoms with Gasteiger partial charge in [-0.05, 0) is 19.3 Å². The fourth-order valence-corrected chi connectivity index (χ4v) is 3.25. The lowest BCUT2D eigenvalue weighted by atomic mass is 10.2. The van der Waals surface area contributed by atoms with Crippen LogP contribution in [0.2, 0.25) is 0 Å². The molecule has 0 saturated heterocycles. The average Bonchev–Trinajstić information content (AvgIpc) is 3.09. The van der Waals surface area contributed by atoms with E-state index in [0.29, 0.717) is 11.3 Å². The highest BCUT2D eigenvalue weighted by Gasteiger charge is 2.28. The van der Waals surface area contributed by atoms with Gasteiger partial charge in [0.25, 0.3) is 0 Å². The number of anilines is 1. The molecule has 1 aromatic rings. The molecule has 1 amide bonds. The molecule has 108 valence electrons. The van der Waals surface area contributed by atoms with E-state index in [2.05, 4.69) is 16.4 Å². The molecule has 21 heavy (non-hydrogen) atoms. The standard InChI is InChI=1S/C14H14N4O2S/c1-8-9(2)20-13(11(8)6-15)17-12(19)5-10-7-21-14-16-3-4-18(10)14/h7H,3-5H2,1-2H3,(H,17,19). The van der Waals surface area contributed by atoms with E-state index in [1.54, 1.807) is 25.6 Å². The fourth-order valence-electron chi connectivity index (χ4n) is 2.30. The molecular weight excluding hydrogens is 288 g/mol. The van der Waals surface area contributed by atoms with Crippen molar-refractivity contribution in [1.82, 2.24) is 4.90 Å². The van der Waals surface area contributed by atoms with Gasteiger partial charge in [0.05, 0.1) is 13.0 Å². The number of aliphatic imine (C=N–C) groups is 1. The number of nitrogens with one attached hydrogen (secondary N) is 1. The summed E-state index contributed by atoms with van der Waals surface area (Å²) in [7, 11) is 0. The van der Waals surface area contributed by atoms with Crippen LogP contribution in [0, 0.1) is 25.2 Å². The molecule has 0 radical (unpaired) electrons. The Morgan fingerprint density at radius 3 is 3.19 bits per heavy atom. The van der Waals surface area contributed by atoms with Crippen molar-refractivity contribution in [3.63, 3.8) is 0 Å². The summed E-state index contributed by atoms with van der Waals surface area (Å²) in [5, 5.41) is 14.7. The predicted molar refractivity (Wildman–Crippen MR) is 80.8 cm³/mol. The molecule has 3 heterocycles. The van der Waals surface area contributed by atoms with Crippen LogP contribution in [-0.4, -0.2) is 29.1 Å². The predicted octanol–water partition coefficient (Wildman–Crippen LogP) is 2.36. The largest absolute Gasteiger partial charge is 0.444 e.